The lowest BCUT2D eigenvalue weighted by Gasteiger charge is -2.26. The highest BCUT2D eigenvalue weighted by Gasteiger charge is 2.47. The van der Waals surface area contributed by atoms with Crippen molar-refractivity contribution in [1.29, 1.82) is 0 Å². The van der Waals surface area contributed by atoms with Crippen LogP contribution < -0.4 is 9.47 Å². The van der Waals surface area contributed by atoms with Crippen LogP contribution in [0.5, 0.6) is 11.5 Å². The summed E-state index contributed by atoms with van der Waals surface area (Å²) < 4.78 is 16.2. The lowest BCUT2D eigenvalue weighted by molar-refractivity contribution is -0.140. The molecule has 0 aliphatic carbocycles. The first-order valence-electron chi connectivity index (χ1n) is 9.63. The van der Waals surface area contributed by atoms with E-state index in [1.165, 1.54) is 25.4 Å². The molecule has 1 fully saturated rings. The van der Waals surface area contributed by atoms with Crippen LogP contribution in [-0.4, -0.2) is 35.9 Å². The highest BCUT2D eigenvalue weighted by molar-refractivity contribution is 6.46. The van der Waals surface area contributed by atoms with Crippen LogP contribution in [-0.2, 0) is 16.1 Å². The van der Waals surface area contributed by atoms with Gasteiger partial charge in [0.15, 0.2) is 0 Å². The Morgan fingerprint density at radius 3 is 2.45 bits per heavy atom. The maximum atomic E-state index is 13.1. The Bertz CT molecular complexity index is 1130. The van der Waals surface area contributed by atoms with Crippen molar-refractivity contribution < 1.29 is 28.6 Å². The third-order valence-electron chi connectivity index (χ3n) is 5.23. The summed E-state index contributed by atoms with van der Waals surface area (Å²) in [6.07, 6.45) is 1.50. The second-order valence-electron chi connectivity index (χ2n) is 6.98. The van der Waals surface area contributed by atoms with E-state index in [2.05, 4.69) is 0 Å². The van der Waals surface area contributed by atoms with Crippen LogP contribution in [0.4, 0.5) is 0 Å². The number of hydrogen-bond acceptors (Lipinski definition) is 6. The van der Waals surface area contributed by atoms with Crippen LogP contribution in [0.15, 0.2) is 76.9 Å². The van der Waals surface area contributed by atoms with Crippen molar-refractivity contribution in [2.75, 3.05) is 14.2 Å². The number of benzene rings is 2. The fourth-order valence-electron chi connectivity index (χ4n) is 3.73. The molecule has 3 aromatic rings. The molecule has 0 unspecified atom stereocenters. The molecule has 7 nitrogen and oxygen atoms in total. The van der Waals surface area contributed by atoms with Gasteiger partial charge in [0, 0.05) is 17.2 Å². The van der Waals surface area contributed by atoms with Crippen molar-refractivity contribution in [2.45, 2.75) is 12.6 Å². The van der Waals surface area contributed by atoms with E-state index in [-0.39, 0.29) is 17.9 Å². The number of nitrogens with zero attached hydrogens (tertiary/aromatic N) is 1. The zero-order valence-electron chi connectivity index (χ0n) is 17.1. The number of carbonyl (C=O) groups excluding carboxylic acids is 2. The summed E-state index contributed by atoms with van der Waals surface area (Å²) >= 11 is 0. The molecule has 158 valence electrons. The van der Waals surface area contributed by atoms with Gasteiger partial charge in [-0.05, 0) is 24.3 Å². The molecule has 2 aromatic carbocycles. The molecular weight excluding hydrogens is 398 g/mol. The number of aliphatic hydroxyl groups is 1. The Kier molecular flexibility index (Phi) is 5.49. The van der Waals surface area contributed by atoms with E-state index in [9.17, 15) is 14.7 Å². The molecule has 1 atom stereocenters. The minimum atomic E-state index is -0.869. The monoisotopic (exact) mass is 419 g/mol. The Morgan fingerprint density at radius 1 is 1.03 bits per heavy atom. The summed E-state index contributed by atoms with van der Waals surface area (Å²) in [6.45, 7) is 0.0585. The molecule has 1 N–H and O–H groups in total. The molecule has 31 heavy (non-hydrogen) atoms. The Balaban J connectivity index is 1.91. The first-order chi connectivity index (χ1) is 15.0. The van der Waals surface area contributed by atoms with Crippen LogP contribution in [0, 0.1) is 0 Å². The Hall–Kier alpha value is -4.00. The van der Waals surface area contributed by atoms with Gasteiger partial charge in [0.2, 0.25) is 0 Å². The van der Waals surface area contributed by atoms with Crippen LogP contribution in [0.3, 0.4) is 0 Å². The molecule has 0 spiro atoms. The second-order valence-corrected chi connectivity index (χ2v) is 6.98. The third kappa shape index (κ3) is 3.66. The number of methoxy groups -OCH3 is 2. The maximum absolute atomic E-state index is 13.1. The SMILES string of the molecule is COc1ccc([C@@H]2/C(=C(\O)c3ccccc3)C(=O)C(=O)N2Cc2ccco2)c(OC)c1. The fourth-order valence-corrected chi connectivity index (χ4v) is 3.73. The van der Waals surface area contributed by atoms with Gasteiger partial charge >= 0.3 is 0 Å². The second kappa shape index (κ2) is 8.39. The van der Waals surface area contributed by atoms with E-state index in [1.807, 2.05) is 0 Å². The average Bonchev–Trinajstić information content (AvgIpc) is 3.41. The Morgan fingerprint density at radius 2 is 1.81 bits per heavy atom. The van der Waals surface area contributed by atoms with Gasteiger partial charge in [0.05, 0.1) is 38.6 Å². The van der Waals surface area contributed by atoms with E-state index < -0.39 is 17.7 Å². The normalized spacial score (nSPS) is 17.7. The van der Waals surface area contributed by atoms with Crippen LogP contribution in [0.2, 0.25) is 0 Å². The predicted octanol–water partition coefficient (Wildman–Crippen LogP) is 3.92. The minimum Gasteiger partial charge on any atom is -0.507 e. The number of hydrogen-bond donors (Lipinski definition) is 1. The number of amides is 1. The number of Topliss-reactive ketones (excluding diaryl/α,β-unsaturated/α-hetero) is 1. The molecule has 0 radical (unpaired) electrons. The molecule has 4 rings (SSSR count). The zero-order valence-corrected chi connectivity index (χ0v) is 17.1. The summed E-state index contributed by atoms with van der Waals surface area (Å²) in [6, 6.07) is 16.3. The largest absolute Gasteiger partial charge is 0.507 e. The summed E-state index contributed by atoms with van der Waals surface area (Å²) in [5.41, 5.74) is 0.980. The molecule has 2 heterocycles. The van der Waals surface area contributed by atoms with Crippen molar-refractivity contribution in [3.8, 4) is 11.5 Å². The van der Waals surface area contributed by atoms with E-state index >= 15 is 0 Å². The molecule has 1 saturated heterocycles. The van der Waals surface area contributed by atoms with Crippen molar-refractivity contribution in [3.05, 3.63) is 89.4 Å². The molecule has 1 aromatic heterocycles. The fraction of sp³-hybridized carbons (Fsp3) is 0.167. The number of ether oxygens (including phenoxy) is 2. The summed E-state index contributed by atoms with van der Waals surface area (Å²) in [4.78, 5) is 27.4. The topological polar surface area (TPSA) is 89.2 Å². The molecule has 1 amide bonds. The number of ketones is 1. The van der Waals surface area contributed by atoms with E-state index in [0.29, 0.717) is 28.4 Å². The molecule has 1 aliphatic heterocycles. The van der Waals surface area contributed by atoms with Gasteiger partial charge in [0.1, 0.15) is 23.0 Å². The van der Waals surface area contributed by atoms with E-state index in [4.69, 9.17) is 13.9 Å². The third-order valence-corrected chi connectivity index (χ3v) is 5.23. The zero-order chi connectivity index (χ0) is 22.0. The Labute approximate surface area is 179 Å². The maximum Gasteiger partial charge on any atom is 0.296 e. The summed E-state index contributed by atoms with van der Waals surface area (Å²) in [5.74, 6) is -0.239. The predicted molar refractivity (Wildman–Crippen MR) is 113 cm³/mol. The van der Waals surface area contributed by atoms with Gasteiger partial charge in [-0.15, -0.1) is 0 Å². The molecule has 7 heteroatoms. The first kappa shape index (κ1) is 20.3. The number of carbonyl (C=O) groups is 2. The summed E-state index contributed by atoms with van der Waals surface area (Å²) in [7, 11) is 3.03. The number of rotatable bonds is 6. The van der Waals surface area contributed by atoms with Crippen molar-refractivity contribution in [1.82, 2.24) is 4.90 Å². The van der Waals surface area contributed by atoms with Crippen molar-refractivity contribution in [3.63, 3.8) is 0 Å². The van der Waals surface area contributed by atoms with Gasteiger partial charge in [-0.2, -0.15) is 0 Å². The smallest absolute Gasteiger partial charge is 0.296 e. The highest BCUT2D eigenvalue weighted by atomic mass is 16.5. The van der Waals surface area contributed by atoms with E-state index in [0.717, 1.165) is 0 Å². The summed E-state index contributed by atoms with van der Waals surface area (Å²) in [5, 5.41) is 11.0. The molecule has 1 aliphatic rings. The number of furan rings is 1. The highest BCUT2D eigenvalue weighted by Crippen LogP contribution is 2.44. The van der Waals surface area contributed by atoms with Gasteiger partial charge in [-0.1, -0.05) is 30.3 Å². The standard InChI is InChI=1S/C24H21NO6/c1-29-16-10-11-18(19(13-16)30-2)21-20(22(26)15-7-4-3-5-8-15)23(27)24(28)25(21)14-17-9-6-12-31-17/h3-13,21,26H,14H2,1-2H3/b22-20+/t21-/m1/s1. The molecular formula is C24H21NO6. The van der Waals surface area contributed by atoms with Gasteiger partial charge in [0.25, 0.3) is 11.7 Å². The lowest BCUT2D eigenvalue weighted by atomic mass is 9.94. The van der Waals surface area contributed by atoms with Crippen molar-refractivity contribution in [2.24, 2.45) is 0 Å². The number of aliphatic hydroxyl groups excluding tert-OH is 1. The number of likely N-dealkylation sites (tertiary alicyclic amines) is 1. The van der Waals surface area contributed by atoms with E-state index in [1.54, 1.807) is 60.7 Å². The van der Waals surface area contributed by atoms with Crippen LogP contribution >= 0.6 is 0 Å². The van der Waals surface area contributed by atoms with Crippen molar-refractivity contribution >= 4 is 17.4 Å². The molecule has 0 saturated carbocycles. The minimum absolute atomic E-state index is 0.00813. The van der Waals surface area contributed by atoms with Crippen LogP contribution in [0.25, 0.3) is 5.76 Å². The first-order valence-corrected chi connectivity index (χ1v) is 9.63. The lowest BCUT2D eigenvalue weighted by Crippen LogP contribution is -2.29. The average molecular weight is 419 g/mol. The van der Waals surface area contributed by atoms with Gasteiger partial charge in [-0.3, -0.25) is 9.59 Å². The van der Waals surface area contributed by atoms with Gasteiger partial charge < -0.3 is 23.9 Å². The van der Waals surface area contributed by atoms with Crippen LogP contribution in [0.1, 0.15) is 22.9 Å². The quantitative estimate of drug-likeness (QED) is 0.370. The van der Waals surface area contributed by atoms with Gasteiger partial charge in [-0.25, -0.2) is 0 Å². The molecule has 0 bridgehead atoms.